The molecule has 0 N–H and O–H groups in total. The smallest absolute Gasteiger partial charge is 0.307 e. The minimum atomic E-state index is -0.291. The van der Waals surface area contributed by atoms with Gasteiger partial charge in [-0.05, 0) is 6.42 Å². The zero-order chi connectivity index (χ0) is 14.5. The molecule has 0 heterocycles. The van der Waals surface area contributed by atoms with Crippen molar-refractivity contribution in [2.24, 2.45) is 0 Å². The van der Waals surface area contributed by atoms with Crippen LogP contribution in [0, 0.1) is 0 Å². The predicted molar refractivity (Wildman–Crippen MR) is 73.8 cm³/mol. The first-order valence-corrected chi connectivity index (χ1v) is 6.99. The molecule has 0 fully saturated rings. The molecule has 5 nitrogen and oxygen atoms in total. The van der Waals surface area contributed by atoms with Crippen molar-refractivity contribution >= 4 is 11.9 Å². The monoisotopic (exact) mass is 273 g/mol. The number of amides is 1. The van der Waals surface area contributed by atoms with Gasteiger partial charge >= 0.3 is 5.97 Å². The number of unbranched alkanes of at least 4 members (excludes halogenated alkanes) is 3. The Morgan fingerprint density at radius 3 is 2.32 bits per heavy atom. The van der Waals surface area contributed by atoms with E-state index in [1.807, 2.05) is 0 Å². The highest BCUT2D eigenvalue weighted by atomic mass is 16.5. The maximum absolute atomic E-state index is 12.0. The fourth-order valence-corrected chi connectivity index (χ4v) is 1.75. The van der Waals surface area contributed by atoms with E-state index in [2.05, 4.69) is 11.7 Å². The highest BCUT2D eigenvalue weighted by Gasteiger charge is 2.14. The van der Waals surface area contributed by atoms with Crippen molar-refractivity contribution in [2.45, 2.75) is 45.4 Å². The van der Waals surface area contributed by atoms with Crippen LogP contribution >= 0.6 is 0 Å². The molecule has 0 atom stereocenters. The molecule has 0 aliphatic rings. The summed E-state index contributed by atoms with van der Waals surface area (Å²) < 4.78 is 9.58. The van der Waals surface area contributed by atoms with Crippen LogP contribution in [0.25, 0.3) is 0 Å². The van der Waals surface area contributed by atoms with E-state index >= 15 is 0 Å². The molecular formula is C14H27NO4. The van der Waals surface area contributed by atoms with Gasteiger partial charge in [-0.3, -0.25) is 9.59 Å². The Hall–Kier alpha value is -1.10. The molecule has 0 saturated heterocycles. The Balaban J connectivity index is 4.07. The number of esters is 1. The van der Waals surface area contributed by atoms with Crippen molar-refractivity contribution in [3.8, 4) is 0 Å². The van der Waals surface area contributed by atoms with E-state index in [1.54, 1.807) is 12.0 Å². The topological polar surface area (TPSA) is 55.8 Å². The Morgan fingerprint density at radius 1 is 1.00 bits per heavy atom. The number of methoxy groups -OCH3 is 2. The van der Waals surface area contributed by atoms with Crippen LogP contribution in [0.5, 0.6) is 0 Å². The van der Waals surface area contributed by atoms with Crippen molar-refractivity contribution in [1.29, 1.82) is 0 Å². The SMILES string of the molecule is CCCCCCC(=O)N(CCOC)CCC(=O)OC. The van der Waals surface area contributed by atoms with Gasteiger partial charge in [-0.1, -0.05) is 26.2 Å². The summed E-state index contributed by atoms with van der Waals surface area (Å²) in [7, 11) is 2.96. The van der Waals surface area contributed by atoms with Gasteiger partial charge in [-0.25, -0.2) is 0 Å². The quantitative estimate of drug-likeness (QED) is 0.427. The average Bonchev–Trinajstić information content (AvgIpc) is 2.43. The minimum absolute atomic E-state index is 0.0945. The van der Waals surface area contributed by atoms with Gasteiger partial charge in [0.05, 0.1) is 20.1 Å². The lowest BCUT2D eigenvalue weighted by molar-refractivity contribution is -0.142. The molecule has 0 saturated carbocycles. The molecule has 5 heteroatoms. The first-order chi connectivity index (χ1) is 9.15. The summed E-state index contributed by atoms with van der Waals surface area (Å²) in [6.45, 7) is 3.56. The van der Waals surface area contributed by atoms with Crippen LogP contribution in [0.15, 0.2) is 0 Å². The highest BCUT2D eigenvalue weighted by Crippen LogP contribution is 2.06. The predicted octanol–water partition coefficient (Wildman–Crippen LogP) is 1.99. The van der Waals surface area contributed by atoms with Gasteiger partial charge in [0.15, 0.2) is 0 Å². The van der Waals surface area contributed by atoms with Gasteiger partial charge in [-0.2, -0.15) is 0 Å². The summed E-state index contributed by atoms with van der Waals surface area (Å²) in [6, 6.07) is 0. The summed E-state index contributed by atoms with van der Waals surface area (Å²) in [6.07, 6.45) is 5.09. The third-order valence-electron chi connectivity index (χ3n) is 2.98. The maximum Gasteiger partial charge on any atom is 0.307 e. The minimum Gasteiger partial charge on any atom is -0.469 e. The second kappa shape index (κ2) is 12.0. The first kappa shape index (κ1) is 17.9. The molecule has 0 aromatic carbocycles. The molecular weight excluding hydrogens is 246 g/mol. The van der Waals surface area contributed by atoms with Crippen LogP contribution in [0.4, 0.5) is 0 Å². The molecule has 112 valence electrons. The second-order valence-corrected chi connectivity index (χ2v) is 4.51. The van der Waals surface area contributed by atoms with Crippen LogP contribution in [0.2, 0.25) is 0 Å². The van der Waals surface area contributed by atoms with Crippen LogP contribution in [-0.2, 0) is 19.1 Å². The molecule has 0 unspecified atom stereocenters. The molecule has 1 amide bonds. The average molecular weight is 273 g/mol. The Morgan fingerprint density at radius 2 is 1.74 bits per heavy atom. The number of ether oxygens (including phenoxy) is 2. The lowest BCUT2D eigenvalue weighted by Crippen LogP contribution is -2.35. The lowest BCUT2D eigenvalue weighted by atomic mass is 10.1. The van der Waals surface area contributed by atoms with E-state index < -0.39 is 0 Å². The Bertz CT molecular complexity index is 256. The lowest BCUT2D eigenvalue weighted by Gasteiger charge is -2.22. The molecule has 0 rings (SSSR count). The van der Waals surface area contributed by atoms with Crippen LogP contribution in [0.3, 0.4) is 0 Å². The van der Waals surface area contributed by atoms with Crippen molar-refractivity contribution < 1.29 is 19.1 Å². The van der Waals surface area contributed by atoms with Gasteiger partial charge in [0.1, 0.15) is 0 Å². The third-order valence-corrected chi connectivity index (χ3v) is 2.98. The van der Waals surface area contributed by atoms with E-state index in [-0.39, 0.29) is 18.3 Å². The van der Waals surface area contributed by atoms with E-state index in [9.17, 15) is 9.59 Å². The number of hydrogen-bond acceptors (Lipinski definition) is 4. The van der Waals surface area contributed by atoms with Gasteiger partial charge < -0.3 is 14.4 Å². The summed E-state index contributed by atoms with van der Waals surface area (Å²) in [5.41, 5.74) is 0. The first-order valence-electron chi connectivity index (χ1n) is 6.99. The van der Waals surface area contributed by atoms with Crippen LogP contribution in [-0.4, -0.2) is 50.7 Å². The fourth-order valence-electron chi connectivity index (χ4n) is 1.75. The normalized spacial score (nSPS) is 10.3. The molecule has 0 bridgehead atoms. The molecule has 0 aliphatic carbocycles. The van der Waals surface area contributed by atoms with Crippen molar-refractivity contribution in [3.63, 3.8) is 0 Å². The maximum atomic E-state index is 12.0. The molecule has 0 aliphatic heterocycles. The van der Waals surface area contributed by atoms with E-state index in [4.69, 9.17) is 4.74 Å². The number of hydrogen-bond donors (Lipinski definition) is 0. The largest absolute Gasteiger partial charge is 0.469 e. The van der Waals surface area contributed by atoms with E-state index in [1.165, 1.54) is 7.11 Å². The standard InChI is InChI=1S/C14H27NO4/c1-4-5-6-7-8-13(16)15(11-12-18-2)10-9-14(17)19-3/h4-12H2,1-3H3. The van der Waals surface area contributed by atoms with Gasteiger partial charge in [0, 0.05) is 26.6 Å². The summed E-state index contributed by atoms with van der Waals surface area (Å²) in [5.74, 6) is -0.196. The molecule has 0 spiro atoms. The van der Waals surface area contributed by atoms with Crippen molar-refractivity contribution in [2.75, 3.05) is 33.9 Å². The van der Waals surface area contributed by atoms with Crippen molar-refractivity contribution in [3.05, 3.63) is 0 Å². The second-order valence-electron chi connectivity index (χ2n) is 4.51. The number of rotatable bonds is 11. The number of carbonyl (C=O) groups is 2. The summed E-state index contributed by atoms with van der Waals surface area (Å²) >= 11 is 0. The summed E-state index contributed by atoms with van der Waals surface area (Å²) in [4.78, 5) is 24.8. The zero-order valence-corrected chi connectivity index (χ0v) is 12.4. The van der Waals surface area contributed by atoms with Gasteiger partial charge in [0.25, 0.3) is 0 Å². The van der Waals surface area contributed by atoms with Gasteiger partial charge in [-0.15, -0.1) is 0 Å². The fraction of sp³-hybridized carbons (Fsp3) is 0.857. The zero-order valence-electron chi connectivity index (χ0n) is 12.4. The molecule has 19 heavy (non-hydrogen) atoms. The molecule has 0 aromatic rings. The number of carbonyl (C=O) groups excluding carboxylic acids is 2. The third kappa shape index (κ3) is 9.47. The van der Waals surface area contributed by atoms with Gasteiger partial charge in [0.2, 0.25) is 5.91 Å². The van der Waals surface area contributed by atoms with Crippen LogP contribution in [0.1, 0.15) is 45.4 Å². The molecule has 0 aromatic heterocycles. The summed E-state index contributed by atoms with van der Waals surface area (Å²) in [5, 5.41) is 0. The Labute approximate surface area is 116 Å². The van der Waals surface area contributed by atoms with Crippen molar-refractivity contribution in [1.82, 2.24) is 4.90 Å². The van der Waals surface area contributed by atoms with Crippen LogP contribution < -0.4 is 0 Å². The van der Waals surface area contributed by atoms with E-state index in [0.29, 0.717) is 26.1 Å². The number of nitrogens with zero attached hydrogens (tertiary/aromatic N) is 1. The van der Waals surface area contributed by atoms with E-state index in [0.717, 1.165) is 25.7 Å². The molecule has 0 radical (unpaired) electrons. The highest BCUT2D eigenvalue weighted by molar-refractivity contribution is 5.77. The Kier molecular flexibility index (Phi) is 11.3.